The van der Waals surface area contributed by atoms with E-state index in [4.69, 9.17) is 5.73 Å². The lowest BCUT2D eigenvalue weighted by molar-refractivity contribution is 0.0705. The number of piperidine rings is 1. The Morgan fingerprint density at radius 2 is 2.35 bits per heavy atom. The second kappa shape index (κ2) is 4.07. The van der Waals surface area contributed by atoms with Gasteiger partial charge >= 0.3 is 0 Å². The molecule has 1 aliphatic carbocycles. The van der Waals surface area contributed by atoms with E-state index in [2.05, 4.69) is 20.9 Å². The maximum Gasteiger partial charge on any atom is 0.256 e. The number of nitrogens with zero attached hydrogens (tertiary/aromatic N) is 2. The molecular formula is C12H14BrN3O. The third-order valence-electron chi connectivity index (χ3n) is 3.67. The van der Waals surface area contributed by atoms with Crippen LogP contribution >= 0.6 is 15.9 Å². The molecule has 3 unspecified atom stereocenters. The summed E-state index contributed by atoms with van der Waals surface area (Å²) in [5.74, 6) is 0.756. The van der Waals surface area contributed by atoms with Crippen molar-refractivity contribution >= 4 is 21.8 Å². The molecule has 2 N–H and O–H groups in total. The van der Waals surface area contributed by atoms with Crippen molar-refractivity contribution in [1.29, 1.82) is 0 Å². The average molecular weight is 296 g/mol. The number of hydrogen-bond donors (Lipinski definition) is 1. The molecule has 1 saturated carbocycles. The van der Waals surface area contributed by atoms with E-state index in [1.165, 1.54) is 0 Å². The van der Waals surface area contributed by atoms with Crippen LogP contribution < -0.4 is 5.73 Å². The number of halogens is 1. The molecule has 2 fully saturated rings. The lowest BCUT2D eigenvalue weighted by Gasteiger charge is -2.26. The number of aromatic nitrogens is 1. The summed E-state index contributed by atoms with van der Waals surface area (Å²) in [5, 5.41) is 0. The lowest BCUT2D eigenvalue weighted by atomic mass is 10.1. The molecule has 90 valence electrons. The Hall–Kier alpha value is -0.940. The fourth-order valence-corrected chi connectivity index (χ4v) is 3.13. The zero-order valence-corrected chi connectivity index (χ0v) is 10.9. The highest BCUT2D eigenvalue weighted by molar-refractivity contribution is 9.10. The van der Waals surface area contributed by atoms with E-state index in [0.717, 1.165) is 17.3 Å². The Kier molecular flexibility index (Phi) is 2.67. The van der Waals surface area contributed by atoms with E-state index in [9.17, 15) is 4.79 Å². The molecule has 1 aliphatic heterocycles. The monoisotopic (exact) mass is 295 g/mol. The van der Waals surface area contributed by atoms with E-state index < -0.39 is 0 Å². The van der Waals surface area contributed by atoms with Crippen molar-refractivity contribution in [2.45, 2.75) is 24.9 Å². The molecule has 4 nitrogen and oxygen atoms in total. The highest BCUT2D eigenvalue weighted by Gasteiger charge is 2.53. The van der Waals surface area contributed by atoms with E-state index >= 15 is 0 Å². The van der Waals surface area contributed by atoms with Crippen LogP contribution in [0.2, 0.25) is 0 Å². The number of fused-ring (bicyclic) bond motifs is 1. The van der Waals surface area contributed by atoms with Gasteiger partial charge in [-0.15, -0.1) is 0 Å². The molecule has 5 heteroatoms. The summed E-state index contributed by atoms with van der Waals surface area (Å²) in [6, 6.07) is 2.46. The van der Waals surface area contributed by atoms with Gasteiger partial charge in [0.2, 0.25) is 0 Å². The van der Waals surface area contributed by atoms with E-state index in [-0.39, 0.29) is 11.9 Å². The molecule has 1 aromatic rings. The SMILES string of the molecule is NCC1CC2CC2N1C(=O)c1cncc(Br)c1. The number of amides is 1. The maximum absolute atomic E-state index is 12.4. The van der Waals surface area contributed by atoms with Crippen molar-refractivity contribution in [3.8, 4) is 0 Å². The van der Waals surface area contributed by atoms with Gasteiger partial charge in [0.1, 0.15) is 0 Å². The number of carbonyl (C=O) groups is 1. The number of rotatable bonds is 2. The summed E-state index contributed by atoms with van der Waals surface area (Å²) in [5.41, 5.74) is 6.38. The van der Waals surface area contributed by atoms with Gasteiger partial charge in [0.25, 0.3) is 5.91 Å². The van der Waals surface area contributed by atoms with Crippen LogP contribution in [0.5, 0.6) is 0 Å². The molecule has 17 heavy (non-hydrogen) atoms. The van der Waals surface area contributed by atoms with Crippen LogP contribution in [-0.4, -0.2) is 34.4 Å². The van der Waals surface area contributed by atoms with Gasteiger partial charge in [-0.3, -0.25) is 9.78 Å². The molecule has 3 atom stereocenters. The van der Waals surface area contributed by atoms with Crippen LogP contribution in [0.25, 0.3) is 0 Å². The Labute approximate surface area is 108 Å². The average Bonchev–Trinajstić information content (AvgIpc) is 3.00. The van der Waals surface area contributed by atoms with Gasteiger partial charge in [-0.2, -0.15) is 0 Å². The van der Waals surface area contributed by atoms with Gasteiger partial charge in [0.15, 0.2) is 0 Å². The van der Waals surface area contributed by atoms with Crippen LogP contribution in [0.4, 0.5) is 0 Å². The van der Waals surface area contributed by atoms with Gasteiger partial charge in [0, 0.05) is 35.5 Å². The molecule has 1 saturated heterocycles. The Bertz CT molecular complexity index is 465. The summed E-state index contributed by atoms with van der Waals surface area (Å²) in [6.45, 7) is 0.556. The Morgan fingerprint density at radius 1 is 1.53 bits per heavy atom. The minimum Gasteiger partial charge on any atom is -0.331 e. The summed E-state index contributed by atoms with van der Waals surface area (Å²) >= 11 is 3.34. The number of hydrogen-bond acceptors (Lipinski definition) is 3. The molecule has 1 amide bonds. The fourth-order valence-electron chi connectivity index (χ4n) is 2.76. The summed E-state index contributed by atoms with van der Waals surface area (Å²) in [6.07, 6.45) is 5.51. The molecule has 1 aromatic heterocycles. The van der Waals surface area contributed by atoms with Crippen molar-refractivity contribution < 1.29 is 4.79 Å². The molecule has 0 aromatic carbocycles. The van der Waals surface area contributed by atoms with Gasteiger partial charge in [-0.05, 0) is 40.8 Å². The topological polar surface area (TPSA) is 59.2 Å². The minimum atomic E-state index is 0.0688. The first-order valence-corrected chi connectivity index (χ1v) is 6.63. The smallest absolute Gasteiger partial charge is 0.256 e. The van der Waals surface area contributed by atoms with Crippen molar-refractivity contribution in [2.24, 2.45) is 11.7 Å². The van der Waals surface area contributed by atoms with Crippen LogP contribution in [0.15, 0.2) is 22.9 Å². The normalized spacial score (nSPS) is 30.2. The van der Waals surface area contributed by atoms with E-state index in [1.54, 1.807) is 12.4 Å². The zero-order valence-electron chi connectivity index (χ0n) is 9.34. The number of carbonyl (C=O) groups excluding carboxylic acids is 1. The van der Waals surface area contributed by atoms with E-state index in [0.29, 0.717) is 24.1 Å². The number of nitrogens with two attached hydrogens (primary N) is 1. The largest absolute Gasteiger partial charge is 0.331 e. The molecule has 0 bridgehead atoms. The quantitative estimate of drug-likeness (QED) is 0.897. The molecule has 2 heterocycles. The van der Waals surface area contributed by atoms with Crippen molar-refractivity contribution in [1.82, 2.24) is 9.88 Å². The molecule has 2 aliphatic rings. The van der Waals surface area contributed by atoms with Gasteiger partial charge < -0.3 is 10.6 Å². The highest BCUT2D eigenvalue weighted by Crippen LogP contribution is 2.48. The van der Waals surface area contributed by atoms with Crippen molar-refractivity contribution in [3.63, 3.8) is 0 Å². The number of likely N-dealkylation sites (tertiary alicyclic amines) is 1. The van der Waals surface area contributed by atoms with Crippen LogP contribution in [0.1, 0.15) is 23.2 Å². The van der Waals surface area contributed by atoms with Gasteiger partial charge in [0.05, 0.1) is 5.56 Å². The molecule has 0 radical (unpaired) electrons. The van der Waals surface area contributed by atoms with Crippen LogP contribution in [0.3, 0.4) is 0 Å². The Morgan fingerprint density at radius 3 is 3.06 bits per heavy atom. The maximum atomic E-state index is 12.4. The second-order valence-electron chi connectivity index (χ2n) is 4.79. The first kappa shape index (κ1) is 11.2. The third kappa shape index (κ3) is 1.87. The Balaban J connectivity index is 1.86. The molecule has 3 rings (SSSR count). The first-order chi connectivity index (χ1) is 8.20. The summed E-state index contributed by atoms with van der Waals surface area (Å²) in [4.78, 5) is 18.4. The third-order valence-corrected chi connectivity index (χ3v) is 4.10. The molecular weight excluding hydrogens is 282 g/mol. The fraction of sp³-hybridized carbons (Fsp3) is 0.500. The zero-order chi connectivity index (χ0) is 12.0. The summed E-state index contributed by atoms with van der Waals surface area (Å²) in [7, 11) is 0. The minimum absolute atomic E-state index is 0.0688. The first-order valence-electron chi connectivity index (χ1n) is 5.84. The van der Waals surface area contributed by atoms with Crippen LogP contribution in [-0.2, 0) is 0 Å². The second-order valence-corrected chi connectivity index (χ2v) is 5.71. The predicted molar refractivity (Wildman–Crippen MR) is 67.5 cm³/mol. The van der Waals surface area contributed by atoms with Crippen molar-refractivity contribution in [3.05, 3.63) is 28.5 Å². The lowest BCUT2D eigenvalue weighted by Crippen LogP contribution is -2.42. The summed E-state index contributed by atoms with van der Waals surface area (Å²) < 4.78 is 0.833. The van der Waals surface area contributed by atoms with Crippen molar-refractivity contribution in [2.75, 3.05) is 6.54 Å². The van der Waals surface area contributed by atoms with Crippen LogP contribution in [0, 0.1) is 5.92 Å². The van der Waals surface area contributed by atoms with Gasteiger partial charge in [-0.1, -0.05) is 0 Å². The standard InChI is InChI=1S/C12H14BrN3O/c13-9-1-8(5-15-6-9)12(17)16-10(4-14)2-7-3-11(7)16/h1,5-7,10-11H,2-4,14H2. The molecule has 0 spiro atoms. The van der Waals surface area contributed by atoms with E-state index in [1.807, 2.05) is 11.0 Å². The number of pyridine rings is 1. The highest BCUT2D eigenvalue weighted by atomic mass is 79.9. The van der Waals surface area contributed by atoms with Gasteiger partial charge in [-0.25, -0.2) is 0 Å². The predicted octanol–water partition coefficient (Wildman–Crippen LogP) is 1.41.